The zero-order chi connectivity index (χ0) is 24.1. The second kappa shape index (κ2) is 10.5. The van der Waals surface area contributed by atoms with Crippen LogP contribution < -0.4 is 16.1 Å². The van der Waals surface area contributed by atoms with E-state index in [4.69, 9.17) is 5.73 Å². The number of rotatable bonds is 10. The highest BCUT2D eigenvalue weighted by atomic mass is 19.4. The van der Waals surface area contributed by atoms with Gasteiger partial charge in [0.1, 0.15) is 5.82 Å². The van der Waals surface area contributed by atoms with E-state index in [0.717, 1.165) is 12.1 Å². The van der Waals surface area contributed by atoms with Crippen molar-refractivity contribution < 1.29 is 27.2 Å². The van der Waals surface area contributed by atoms with Gasteiger partial charge in [-0.3, -0.25) is 14.6 Å². The van der Waals surface area contributed by atoms with Crippen LogP contribution in [-0.4, -0.2) is 34.8 Å². The molecule has 0 fully saturated rings. The maximum absolute atomic E-state index is 14.0. The van der Waals surface area contributed by atoms with E-state index < -0.39 is 35.4 Å². The number of nitrogens with zero attached hydrogens (tertiary/aromatic N) is 3. The number of aromatic nitrogens is 2. The zero-order valence-electron chi connectivity index (χ0n) is 18.2. The summed E-state index contributed by atoms with van der Waals surface area (Å²) < 4.78 is 53.7. The predicted octanol–water partition coefficient (Wildman–Crippen LogP) is 3.32. The number of carbonyl (C=O) groups is 2. The first-order valence-electron chi connectivity index (χ1n) is 10.3. The van der Waals surface area contributed by atoms with Crippen molar-refractivity contribution in [2.45, 2.75) is 52.3 Å². The third-order valence-electron chi connectivity index (χ3n) is 4.88. The van der Waals surface area contributed by atoms with E-state index in [1.165, 1.54) is 23.8 Å². The molecule has 32 heavy (non-hydrogen) atoms. The van der Waals surface area contributed by atoms with Crippen LogP contribution in [0, 0.1) is 5.82 Å². The summed E-state index contributed by atoms with van der Waals surface area (Å²) in [4.78, 5) is 24.9. The largest absolute Gasteiger partial charge is 0.435 e. The molecule has 0 aliphatic rings. The van der Waals surface area contributed by atoms with Crippen LogP contribution in [0.2, 0.25) is 0 Å². The number of primary amides is 1. The number of benzene rings is 1. The first-order chi connectivity index (χ1) is 15.0. The molecule has 2 rings (SSSR count). The van der Waals surface area contributed by atoms with Gasteiger partial charge < -0.3 is 11.1 Å². The molecule has 1 aromatic heterocycles. The molecule has 2 amide bonds. The van der Waals surface area contributed by atoms with Crippen molar-refractivity contribution >= 4 is 11.8 Å². The van der Waals surface area contributed by atoms with Crippen molar-refractivity contribution in [3.8, 4) is 0 Å². The molecule has 176 valence electrons. The van der Waals surface area contributed by atoms with Gasteiger partial charge in [-0.25, -0.2) is 4.39 Å². The summed E-state index contributed by atoms with van der Waals surface area (Å²) in [5.74, 6) is -3.11. The van der Waals surface area contributed by atoms with Gasteiger partial charge >= 0.3 is 6.18 Å². The fourth-order valence-electron chi connectivity index (χ4n) is 3.22. The van der Waals surface area contributed by atoms with Gasteiger partial charge in [0, 0.05) is 13.1 Å². The molecule has 1 heterocycles. The molecular weight excluding hydrogens is 430 g/mol. The van der Waals surface area contributed by atoms with Crippen molar-refractivity contribution in [3.63, 3.8) is 0 Å². The Balaban J connectivity index is 2.22. The van der Waals surface area contributed by atoms with Gasteiger partial charge in [0.15, 0.2) is 5.69 Å². The van der Waals surface area contributed by atoms with Gasteiger partial charge in [-0.05, 0) is 43.5 Å². The molecule has 0 saturated carbocycles. The van der Waals surface area contributed by atoms with Crippen LogP contribution >= 0.6 is 0 Å². The molecule has 0 aliphatic carbocycles. The second-order valence-electron chi connectivity index (χ2n) is 7.40. The van der Waals surface area contributed by atoms with E-state index in [9.17, 15) is 27.2 Å². The summed E-state index contributed by atoms with van der Waals surface area (Å²) in [6, 6.07) is 4.55. The first-order valence-corrected chi connectivity index (χ1v) is 10.3. The Hall–Kier alpha value is -3.11. The molecule has 1 aromatic carbocycles. The number of nitrogens with one attached hydrogen (secondary N) is 1. The second-order valence-corrected chi connectivity index (χ2v) is 7.40. The minimum Gasteiger partial charge on any atom is -0.366 e. The quantitative estimate of drug-likeness (QED) is 0.536. The minimum absolute atomic E-state index is 0.176. The van der Waals surface area contributed by atoms with Crippen molar-refractivity contribution in [1.29, 1.82) is 0 Å². The summed E-state index contributed by atoms with van der Waals surface area (Å²) in [6.45, 7) is 6.13. The van der Waals surface area contributed by atoms with Crippen LogP contribution in [0.25, 0.3) is 0 Å². The lowest BCUT2D eigenvalue weighted by molar-refractivity contribution is -0.141. The van der Waals surface area contributed by atoms with Crippen LogP contribution in [0.1, 0.15) is 66.8 Å². The third-order valence-corrected chi connectivity index (χ3v) is 4.88. The molecule has 0 saturated heterocycles. The number of carbonyl (C=O) groups excluding carboxylic acids is 2. The summed E-state index contributed by atoms with van der Waals surface area (Å²) in [5.41, 5.74) is 4.21. The predicted molar refractivity (Wildman–Crippen MR) is 111 cm³/mol. The molecule has 11 heteroatoms. The lowest BCUT2D eigenvalue weighted by Gasteiger charge is -2.25. The van der Waals surface area contributed by atoms with Crippen molar-refractivity contribution in [3.05, 3.63) is 52.6 Å². The first kappa shape index (κ1) is 25.2. The number of halogens is 4. The van der Waals surface area contributed by atoms with E-state index in [2.05, 4.69) is 10.4 Å². The highest BCUT2D eigenvalue weighted by Crippen LogP contribution is 2.29. The summed E-state index contributed by atoms with van der Waals surface area (Å²) >= 11 is 0. The Labute approximate surface area is 183 Å². The molecule has 0 bridgehead atoms. The number of amides is 2. The average Bonchev–Trinajstić information content (AvgIpc) is 3.15. The summed E-state index contributed by atoms with van der Waals surface area (Å²) in [6.07, 6.45) is -3.21. The Bertz CT molecular complexity index is 952. The van der Waals surface area contributed by atoms with Crippen LogP contribution in [0.5, 0.6) is 0 Å². The molecule has 0 spiro atoms. The van der Waals surface area contributed by atoms with Gasteiger partial charge in [0.25, 0.3) is 5.91 Å². The maximum atomic E-state index is 14.0. The molecular formula is C21H27F4N5O2. The van der Waals surface area contributed by atoms with E-state index in [-0.39, 0.29) is 17.8 Å². The number of nitrogens with two attached hydrogens (primary N) is 1. The molecule has 2 aromatic rings. The highest BCUT2D eigenvalue weighted by Gasteiger charge is 2.35. The lowest BCUT2D eigenvalue weighted by Crippen LogP contribution is -2.39. The van der Waals surface area contributed by atoms with Crippen molar-refractivity contribution in [2.75, 3.05) is 18.1 Å². The maximum Gasteiger partial charge on any atom is 0.435 e. The van der Waals surface area contributed by atoms with E-state index >= 15 is 0 Å². The topological polar surface area (TPSA) is 93.2 Å². The molecule has 7 nitrogen and oxygen atoms in total. The third kappa shape index (κ3) is 5.98. The van der Waals surface area contributed by atoms with E-state index in [1.807, 2.05) is 13.8 Å². The molecule has 0 aliphatic heterocycles. The van der Waals surface area contributed by atoms with Crippen LogP contribution in [0.3, 0.4) is 0 Å². The monoisotopic (exact) mass is 457 g/mol. The van der Waals surface area contributed by atoms with Gasteiger partial charge in [0.2, 0.25) is 5.91 Å². The normalized spacial score (nSPS) is 12.5. The SMILES string of the molecule is CCCN(CCC)n1nc(C(F)(F)F)cc1CNC(=O)C(C)c1ccc(C(N)=O)c(F)c1. The van der Waals surface area contributed by atoms with Crippen LogP contribution in [0.15, 0.2) is 24.3 Å². The van der Waals surface area contributed by atoms with Crippen LogP contribution in [0.4, 0.5) is 17.6 Å². The lowest BCUT2D eigenvalue weighted by atomic mass is 9.98. The average molecular weight is 457 g/mol. The number of hydrogen-bond acceptors (Lipinski definition) is 4. The standard InChI is InChI=1S/C21H27F4N5O2/c1-4-8-29(9-5-2)30-15(11-18(28-30)21(23,24)25)12-27-20(32)13(3)14-6-7-16(19(26)31)17(22)10-14/h6-7,10-11,13H,4-5,8-9,12H2,1-3H3,(H2,26,31)(H,27,32). The van der Waals surface area contributed by atoms with Gasteiger partial charge in [-0.1, -0.05) is 19.9 Å². The Kier molecular flexibility index (Phi) is 8.23. The Morgan fingerprint density at radius 2 is 1.81 bits per heavy atom. The van der Waals surface area contributed by atoms with Crippen molar-refractivity contribution in [2.24, 2.45) is 5.73 Å². The van der Waals surface area contributed by atoms with Gasteiger partial charge in [-0.2, -0.15) is 18.0 Å². The van der Waals surface area contributed by atoms with Crippen LogP contribution in [-0.2, 0) is 17.5 Å². The Morgan fingerprint density at radius 3 is 2.31 bits per heavy atom. The van der Waals surface area contributed by atoms with Crippen molar-refractivity contribution in [1.82, 2.24) is 15.2 Å². The summed E-state index contributed by atoms with van der Waals surface area (Å²) in [7, 11) is 0. The Morgan fingerprint density at radius 1 is 1.19 bits per heavy atom. The molecule has 1 atom stereocenters. The number of alkyl halides is 3. The van der Waals surface area contributed by atoms with Gasteiger partial charge in [-0.15, -0.1) is 5.10 Å². The smallest absolute Gasteiger partial charge is 0.366 e. The molecule has 3 N–H and O–H groups in total. The highest BCUT2D eigenvalue weighted by molar-refractivity contribution is 5.93. The molecule has 1 unspecified atom stereocenters. The zero-order valence-corrected chi connectivity index (χ0v) is 18.2. The fourth-order valence-corrected chi connectivity index (χ4v) is 3.22. The molecule has 0 radical (unpaired) electrons. The fraction of sp³-hybridized carbons (Fsp3) is 0.476. The van der Waals surface area contributed by atoms with E-state index in [1.54, 1.807) is 5.01 Å². The minimum atomic E-state index is -4.62. The van der Waals surface area contributed by atoms with Gasteiger partial charge in [0.05, 0.1) is 23.7 Å². The summed E-state index contributed by atoms with van der Waals surface area (Å²) in [5, 5.41) is 7.99. The van der Waals surface area contributed by atoms with E-state index in [0.29, 0.717) is 31.5 Å². The number of hydrogen-bond donors (Lipinski definition) is 2.